The molecule has 29 heavy (non-hydrogen) atoms. The van der Waals surface area contributed by atoms with Crippen LogP contribution in [0, 0.1) is 15.9 Å². The van der Waals surface area contributed by atoms with E-state index in [1.54, 1.807) is 12.1 Å². The number of fused-ring (bicyclic) bond motifs is 1. The molecule has 0 saturated heterocycles. The zero-order valence-electron chi connectivity index (χ0n) is 14.5. The first kappa shape index (κ1) is 17.9. The summed E-state index contributed by atoms with van der Waals surface area (Å²) < 4.78 is 17.7. The zero-order valence-corrected chi connectivity index (χ0v) is 14.5. The Balaban J connectivity index is 1.60. The van der Waals surface area contributed by atoms with Crippen LogP contribution in [0.5, 0.6) is 0 Å². The summed E-state index contributed by atoms with van der Waals surface area (Å²) in [5, 5.41) is 25.2. The van der Waals surface area contributed by atoms with Gasteiger partial charge in [0.05, 0.1) is 11.1 Å². The van der Waals surface area contributed by atoms with Crippen LogP contribution in [0.15, 0.2) is 58.3 Å². The van der Waals surface area contributed by atoms with Crippen molar-refractivity contribution in [2.24, 2.45) is 5.10 Å². The van der Waals surface area contributed by atoms with E-state index in [-0.39, 0.29) is 34.4 Å². The predicted molar refractivity (Wildman–Crippen MR) is 101 cm³/mol. The van der Waals surface area contributed by atoms with E-state index in [4.69, 9.17) is 0 Å². The molecule has 0 unspecified atom stereocenters. The Labute approximate surface area is 161 Å². The Bertz CT molecular complexity index is 1210. The number of nitro groups is 1. The summed E-state index contributed by atoms with van der Waals surface area (Å²) in [5.74, 6) is 0.0629. The summed E-state index contributed by atoms with van der Waals surface area (Å²) in [6.45, 7) is 0. The van der Waals surface area contributed by atoms with Gasteiger partial charge in [0.15, 0.2) is 11.6 Å². The number of benzene rings is 2. The van der Waals surface area contributed by atoms with E-state index in [0.717, 1.165) is 0 Å². The number of rotatable bonds is 6. The smallest absolute Gasteiger partial charge is 0.270 e. The molecule has 2 aromatic heterocycles. The Morgan fingerprint density at radius 3 is 2.52 bits per heavy atom. The van der Waals surface area contributed by atoms with Gasteiger partial charge >= 0.3 is 0 Å². The second kappa shape index (κ2) is 7.64. The van der Waals surface area contributed by atoms with Gasteiger partial charge in [-0.05, 0) is 34.6 Å². The number of hydrazone groups is 1. The summed E-state index contributed by atoms with van der Waals surface area (Å²) in [6, 6.07) is 11.6. The molecule has 0 aliphatic carbocycles. The van der Waals surface area contributed by atoms with Crippen LogP contribution in [0.2, 0.25) is 0 Å². The predicted octanol–water partition coefficient (Wildman–Crippen LogP) is 3.25. The Hall–Kier alpha value is -4.48. The monoisotopic (exact) mass is 394 g/mol. The van der Waals surface area contributed by atoms with Gasteiger partial charge in [0, 0.05) is 23.4 Å². The molecule has 2 N–H and O–H groups in total. The third kappa shape index (κ3) is 4.10. The summed E-state index contributed by atoms with van der Waals surface area (Å²) >= 11 is 0. The van der Waals surface area contributed by atoms with Crippen molar-refractivity contribution >= 4 is 40.5 Å². The Morgan fingerprint density at radius 1 is 1.07 bits per heavy atom. The van der Waals surface area contributed by atoms with Gasteiger partial charge in [-0.15, -0.1) is 0 Å². The van der Waals surface area contributed by atoms with Gasteiger partial charge in [-0.3, -0.25) is 15.5 Å². The molecule has 0 saturated carbocycles. The zero-order chi connectivity index (χ0) is 20.2. The number of non-ortho nitro benzene ring substituents is 1. The van der Waals surface area contributed by atoms with E-state index in [0.29, 0.717) is 11.3 Å². The van der Waals surface area contributed by atoms with Crippen LogP contribution in [-0.2, 0) is 0 Å². The maximum atomic E-state index is 13.1. The Kier molecular flexibility index (Phi) is 4.72. The highest BCUT2D eigenvalue weighted by molar-refractivity contribution is 5.82. The largest absolute Gasteiger partial charge is 0.337 e. The molecule has 0 atom stereocenters. The lowest BCUT2D eigenvalue weighted by atomic mass is 10.2. The van der Waals surface area contributed by atoms with E-state index < -0.39 is 4.92 Å². The molecular formula is C17H11FN8O3. The molecular weight excluding hydrogens is 383 g/mol. The second-order valence-electron chi connectivity index (χ2n) is 5.69. The van der Waals surface area contributed by atoms with Crippen LogP contribution >= 0.6 is 0 Å². The first-order valence-corrected chi connectivity index (χ1v) is 8.15. The van der Waals surface area contributed by atoms with Crippen LogP contribution in [0.25, 0.3) is 11.3 Å². The highest BCUT2D eigenvalue weighted by Gasteiger charge is 2.13. The summed E-state index contributed by atoms with van der Waals surface area (Å²) in [6.07, 6.45) is 1.39. The minimum atomic E-state index is -0.494. The molecule has 0 spiro atoms. The standard InChI is InChI=1S/C17H11FN8O3/c18-11-4-6-12(7-5-11)20-14-15(22-17-16(21-14)24-29-25-17)23-19-9-10-2-1-3-13(8-10)26(27)28/h1-9H,(H,20,21,24)(H,22,23,25)/b19-9+. The van der Waals surface area contributed by atoms with E-state index in [2.05, 4.69) is 40.8 Å². The minimum Gasteiger partial charge on any atom is -0.337 e. The van der Waals surface area contributed by atoms with Crippen molar-refractivity contribution in [2.45, 2.75) is 0 Å². The lowest BCUT2D eigenvalue weighted by molar-refractivity contribution is -0.384. The third-order valence-electron chi connectivity index (χ3n) is 3.69. The SMILES string of the molecule is O=[N+]([O-])c1cccc(/C=N/Nc2nc3nonc3nc2Nc2ccc(F)cc2)c1. The van der Waals surface area contributed by atoms with E-state index in [1.807, 2.05) is 0 Å². The first-order chi connectivity index (χ1) is 14.1. The molecule has 4 aromatic rings. The number of nitrogens with one attached hydrogen (secondary N) is 2. The second-order valence-corrected chi connectivity index (χ2v) is 5.69. The molecule has 0 aliphatic heterocycles. The van der Waals surface area contributed by atoms with E-state index in [1.165, 1.54) is 42.6 Å². The number of halogens is 1. The van der Waals surface area contributed by atoms with Gasteiger partial charge in [-0.1, -0.05) is 12.1 Å². The normalized spacial score (nSPS) is 11.1. The van der Waals surface area contributed by atoms with Crippen molar-refractivity contribution in [2.75, 3.05) is 10.7 Å². The number of aromatic nitrogens is 4. The molecule has 0 amide bonds. The van der Waals surface area contributed by atoms with Crippen molar-refractivity contribution in [3.05, 3.63) is 70.0 Å². The number of hydrogen-bond acceptors (Lipinski definition) is 10. The third-order valence-corrected chi connectivity index (χ3v) is 3.69. The van der Waals surface area contributed by atoms with Crippen LogP contribution < -0.4 is 10.7 Å². The molecule has 144 valence electrons. The van der Waals surface area contributed by atoms with Gasteiger partial charge in [0.2, 0.25) is 11.3 Å². The van der Waals surface area contributed by atoms with Crippen LogP contribution in [0.3, 0.4) is 0 Å². The fourth-order valence-corrected chi connectivity index (χ4v) is 2.36. The van der Waals surface area contributed by atoms with Gasteiger partial charge < -0.3 is 5.32 Å². The Morgan fingerprint density at radius 2 is 1.79 bits per heavy atom. The highest BCUT2D eigenvalue weighted by Crippen LogP contribution is 2.24. The lowest BCUT2D eigenvalue weighted by Crippen LogP contribution is -2.03. The molecule has 12 heteroatoms. The summed E-state index contributed by atoms with van der Waals surface area (Å²) in [7, 11) is 0. The van der Waals surface area contributed by atoms with Crippen molar-refractivity contribution in [3.8, 4) is 0 Å². The maximum Gasteiger partial charge on any atom is 0.270 e. The molecule has 4 rings (SSSR count). The fraction of sp³-hybridized carbons (Fsp3) is 0. The molecule has 0 aliphatic rings. The number of nitro benzene ring substituents is 1. The lowest BCUT2D eigenvalue weighted by Gasteiger charge is -2.09. The van der Waals surface area contributed by atoms with Crippen LogP contribution in [0.4, 0.5) is 27.4 Å². The summed E-state index contributed by atoms with van der Waals surface area (Å²) in [5.41, 5.74) is 4.04. The number of hydrogen-bond donors (Lipinski definition) is 2. The van der Waals surface area contributed by atoms with Crippen molar-refractivity contribution in [1.82, 2.24) is 20.3 Å². The molecule has 0 fully saturated rings. The van der Waals surface area contributed by atoms with Gasteiger partial charge in [0.25, 0.3) is 5.69 Å². The summed E-state index contributed by atoms with van der Waals surface area (Å²) in [4.78, 5) is 18.8. The highest BCUT2D eigenvalue weighted by atomic mass is 19.1. The van der Waals surface area contributed by atoms with Crippen LogP contribution in [-0.4, -0.2) is 31.4 Å². The molecule has 0 bridgehead atoms. The van der Waals surface area contributed by atoms with Crippen molar-refractivity contribution < 1.29 is 13.9 Å². The van der Waals surface area contributed by atoms with E-state index >= 15 is 0 Å². The van der Waals surface area contributed by atoms with Crippen molar-refractivity contribution in [1.29, 1.82) is 0 Å². The minimum absolute atomic E-state index is 0.0532. The van der Waals surface area contributed by atoms with Gasteiger partial charge in [0.1, 0.15) is 5.82 Å². The molecule has 2 heterocycles. The van der Waals surface area contributed by atoms with Gasteiger partial charge in [-0.25, -0.2) is 14.0 Å². The average molecular weight is 394 g/mol. The molecule has 2 aromatic carbocycles. The van der Waals surface area contributed by atoms with Crippen LogP contribution in [0.1, 0.15) is 5.56 Å². The van der Waals surface area contributed by atoms with Gasteiger partial charge in [-0.2, -0.15) is 10.1 Å². The molecule has 0 radical (unpaired) electrons. The number of nitrogens with zero attached hydrogens (tertiary/aromatic N) is 6. The quantitative estimate of drug-likeness (QED) is 0.286. The van der Waals surface area contributed by atoms with E-state index in [9.17, 15) is 14.5 Å². The van der Waals surface area contributed by atoms with Crippen molar-refractivity contribution in [3.63, 3.8) is 0 Å². The average Bonchev–Trinajstić information content (AvgIpc) is 3.17. The fourth-order valence-electron chi connectivity index (χ4n) is 2.36. The maximum absolute atomic E-state index is 13.1. The number of anilines is 3. The molecule has 11 nitrogen and oxygen atoms in total. The first-order valence-electron chi connectivity index (χ1n) is 8.15. The topological polar surface area (TPSA) is 144 Å².